The molecular formula is C15H12BrFN2O. The van der Waals surface area contributed by atoms with Crippen molar-refractivity contribution in [3.05, 3.63) is 63.9 Å². The third-order valence-corrected chi connectivity index (χ3v) is 3.79. The van der Waals surface area contributed by atoms with Gasteiger partial charge in [-0.2, -0.15) is 5.10 Å². The molecule has 1 aliphatic heterocycles. The molecule has 0 saturated carbocycles. The number of phenols is 1. The maximum absolute atomic E-state index is 12.9. The minimum atomic E-state index is -0.252. The van der Waals surface area contributed by atoms with Gasteiger partial charge in [-0.05, 0) is 35.9 Å². The summed E-state index contributed by atoms with van der Waals surface area (Å²) in [7, 11) is 0. The number of nitrogens with one attached hydrogen (secondary N) is 1. The molecule has 2 N–H and O–H groups in total. The van der Waals surface area contributed by atoms with Gasteiger partial charge in [-0.15, -0.1) is 0 Å². The number of benzene rings is 2. The van der Waals surface area contributed by atoms with E-state index >= 15 is 0 Å². The van der Waals surface area contributed by atoms with E-state index < -0.39 is 0 Å². The number of rotatable bonds is 2. The fourth-order valence-corrected chi connectivity index (χ4v) is 2.60. The van der Waals surface area contributed by atoms with Crippen LogP contribution in [-0.2, 0) is 0 Å². The van der Waals surface area contributed by atoms with Crippen LogP contribution < -0.4 is 5.43 Å². The zero-order valence-electron chi connectivity index (χ0n) is 10.5. The molecule has 0 radical (unpaired) electrons. The van der Waals surface area contributed by atoms with E-state index in [9.17, 15) is 9.50 Å². The van der Waals surface area contributed by atoms with Gasteiger partial charge in [-0.3, -0.25) is 0 Å². The van der Waals surface area contributed by atoms with Gasteiger partial charge in [0.1, 0.15) is 11.6 Å². The number of halogens is 2. The maximum Gasteiger partial charge on any atom is 0.124 e. The summed E-state index contributed by atoms with van der Waals surface area (Å²) in [5.74, 6) is -0.0500. The van der Waals surface area contributed by atoms with Crippen molar-refractivity contribution in [1.29, 1.82) is 0 Å². The summed E-state index contributed by atoms with van der Waals surface area (Å²) in [4.78, 5) is 0. The number of phenolic OH excluding ortho intramolecular Hbond substituents is 1. The summed E-state index contributed by atoms with van der Waals surface area (Å²) in [6, 6.07) is 11.6. The van der Waals surface area contributed by atoms with Crippen molar-refractivity contribution in [2.75, 3.05) is 0 Å². The zero-order chi connectivity index (χ0) is 14.1. The van der Waals surface area contributed by atoms with Crippen molar-refractivity contribution in [3.8, 4) is 5.75 Å². The van der Waals surface area contributed by atoms with Gasteiger partial charge in [-0.1, -0.05) is 28.1 Å². The summed E-state index contributed by atoms with van der Waals surface area (Å²) >= 11 is 3.38. The zero-order valence-corrected chi connectivity index (χ0v) is 12.1. The van der Waals surface area contributed by atoms with Crippen LogP contribution in [0.2, 0.25) is 0 Å². The molecule has 2 aromatic rings. The molecule has 0 amide bonds. The van der Waals surface area contributed by atoms with E-state index in [1.54, 1.807) is 24.3 Å². The fraction of sp³-hybridized carbons (Fsp3) is 0.133. The predicted octanol–water partition coefficient (Wildman–Crippen LogP) is 3.73. The molecule has 102 valence electrons. The van der Waals surface area contributed by atoms with Crippen LogP contribution in [0.25, 0.3) is 0 Å². The Kier molecular flexibility index (Phi) is 3.44. The molecule has 0 saturated heterocycles. The average molecular weight is 335 g/mol. The lowest BCUT2D eigenvalue weighted by Crippen LogP contribution is -2.09. The van der Waals surface area contributed by atoms with E-state index in [2.05, 4.69) is 26.5 Å². The van der Waals surface area contributed by atoms with Crippen LogP contribution in [0.3, 0.4) is 0 Å². The summed E-state index contributed by atoms with van der Waals surface area (Å²) in [6.45, 7) is 0. The lowest BCUT2D eigenvalue weighted by Gasteiger charge is -2.10. The van der Waals surface area contributed by atoms with Crippen molar-refractivity contribution in [2.24, 2.45) is 5.10 Å². The highest BCUT2D eigenvalue weighted by Gasteiger charge is 2.23. The Morgan fingerprint density at radius 1 is 1.20 bits per heavy atom. The monoisotopic (exact) mass is 334 g/mol. The largest absolute Gasteiger partial charge is 0.507 e. The molecule has 5 heteroatoms. The number of hydrazone groups is 1. The fourth-order valence-electron chi connectivity index (χ4n) is 2.24. The van der Waals surface area contributed by atoms with E-state index in [0.29, 0.717) is 12.0 Å². The first-order valence-corrected chi connectivity index (χ1v) is 6.99. The van der Waals surface area contributed by atoms with Gasteiger partial charge in [0, 0.05) is 16.5 Å². The van der Waals surface area contributed by atoms with Gasteiger partial charge in [0.15, 0.2) is 0 Å². The Morgan fingerprint density at radius 3 is 2.70 bits per heavy atom. The van der Waals surface area contributed by atoms with Crippen LogP contribution in [0.4, 0.5) is 4.39 Å². The van der Waals surface area contributed by atoms with Crippen LogP contribution in [0.5, 0.6) is 5.75 Å². The number of aromatic hydroxyl groups is 1. The Morgan fingerprint density at radius 2 is 1.95 bits per heavy atom. The third kappa shape index (κ3) is 2.54. The summed E-state index contributed by atoms with van der Waals surface area (Å²) in [5, 5.41) is 14.2. The Balaban J connectivity index is 1.82. The van der Waals surface area contributed by atoms with Gasteiger partial charge >= 0.3 is 0 Å². The molecule has 20 heavy (non-hydrogen) atoms. The number of hydrogen-bond donors (Lipinski definition) is 2. The molecule has 0 unspecified atom stereocenters. The quantitative estimate of drug-likeness (QED) is 0.878. The lowest BCUT2D eigenvalue weighted by atomic mass is 9.99. The highest BCUT2D eigenvalue weighted by atomic mass is 79.9. The highest BCUT2D eigenvalue weighted by Crippen LogP contribution is 2.29. The first-order chi connectivity index (χ1) is 9.63. The predicted molar refractivity (Wildman–Crippen MR) is 79.2 cm³/mol. The molecule has 1 heterocycles. The molecule has 2 aromatic carbocycles. The van der Waals surface area contributed by atoms with Crippen LogP contribution in [0.1, 0.15) is 23.6 Å². The molecule has 3 nitrogen and oxygen atoms in total. The van der Waals surface area contributed by atoms with Crippen molar-refractivity contribution >= 4 is 21.6 Å². The van der Waals surface area contributed by atoms with Crippen LogP contribution in [0.15, 0.2) is 52.0 Å². The molecule has 0 aliphatic carbocycles. The first-order valence-electron chi connectivity index (χ1n) is 6.20. The topological polar surface area (TPSA) is 44.6 Å². The molecule has 1 atom stereocenters. The molecule has 3 rings (SSSR count). The van der Waals surface area contributed by atoms with Gasteiger partial charge in [-0.25, -0.2) is 4.39 Å². The Hall–Kier alpha value is -1.88. The Bertz CT molecular complexity index is 670. The number of nitrogens with zero attached hydrogens (tertiary/aromatic N) is 1. The molecule has 0 aromatic heterocycles. The summed E-state index contributed by atoms with van der Waals surface area (Å²) < 4.78 is 13.8. The van der Waals surface area contributed by atoms with Crippen molar-refractivity contribution in [3.63, 3.8) is 0 Å². The standard InChI is InChI=1S/C15H12BrFN2O/c16-10-3-6-15(20)12(7-10)14-8-13(18-19-14)9-1-4-11(17)5-2-9/h1-7,13,18,20H,8H2/t13-/m1/s1. The molecule has 1 aliphatic rings. The van der Waals surface area contributed by atoms with E-state index in [1.807, 2.05) is 6.07 Å². The average Bonchev–Trinajstić information content (AvgIpc) is 2.92. The second kappa shape index (κ2) is 5.25. The normalized spacial score (nSPS) is 17.7. The third-order valence-electron chi connectivity index (χ3n) is 3.29. The van der Waals surface area contributed by atoms with Crippen molar-refractivity contribution < 1.29 is 9.50 Å². The summed E-state index contributed by atoms with van der Waals surface area (Å²) in [6.07, 6.45) is 0.648. The lowest BCUT2D eigenvalue weighted by molar-refractivity contribution is 0.474. The van der Waals surface area contributed by atoms with Gasteiger partial charge in [0.2, 0.25) is 0 Å². The van der Waals surface area contributed by atoms with Gasteiger partial charge < -0.3 is 10.5 Å². The van der Waals surface area contributed by atoms with Gasteiger partial charge in [0.25, 0.3) is 0 Å². The molecule has 0 spiro atoms. The first kappa shape index (κ1) is 13.1. The van der Waals surface area contributed by atoms with E-state index in [-0.39, 0.29) is 17.6 Å². The molecule has 0 fully saturated rings. The second-order valence-corrected chi connectivity index (χ2v) is 5.57. The smallest absolute Gasteiger partial charge is 0.124 e. The summed E-state index contributed by atoms with van der Waals surface area (Å²) in [5.41, 5.74) is 5.49. The molecular weight excluding hydrogens is 323 g/mol. The minimum absolute atomic E-state index is 0.00369. The van der Waals surface area contributed by atoms with Crippen LogP contribution in [-0.4, -0.2) is 10.8 Å². The number of hydrogen-bond acceptors (Lipinski definition) is 3. The second-order valence-electron chi connectivity index (χ2n) is 4.66. The minimum Gasteiger partial charge on any atom is -0.507 e. The van der Waals surface area contributed by atoms with Crippen LogP contribution in [0, 0.1) is 5.82 Å². The van der Waals surface area contributed by atoms with Crippen molar-refractivity contribution in [1.82, 2.24) is 5.43 Å². The van der Waals surface area contributed by atoms with Crippen LogP contribution >= 0.6 is 15.9 Å². The molecule has 0 bridgehead atoms. The van der Waals surface area contributed by atoms with E-state index in [1.165, 1.54) is 12.1 Å². The maximum atomic E-state index is 12.9. The van der Waals surface area contributed by atoms with Crippen molar-refractivity contribution in [2.45, 2.75) is 12.5 Å². The SMILES string of the molecule is Oc1ccc(Br)cc1C1=NN[C@@H](c2ccc(F)cc2)C1. The van der Waals surface area contributed by atoms with Gasteiger partial charge in [0.05, 0.1) is 11.8 Å². The van der Waals surface area contributed by atoms with E-state index in [4.69, 9.17) is 0 Å². The Labute approximate surface area is 124 Å². The highest BCUT2D eigenvalue weighted by molar-refractivity contribution is 9.10. The van der Waals surface area contributed by atoms with E-state index in [0.717, 1.165) is 15.7 Å².